The lowest BCUT2D eigenvalue weighted by atomic mass is 10.2. The molecule has 0 spiro atoms. The first-order valence-electron chi connectivity index (χ1n) is 9.04. The molecule has 5 aromatic rings. The van der Waals surface area contributed by atoms with Crippen molar-refractivity contribution in [1.29, 1.82) is 0 Å². The summed E-state index contributed by atoms with van der Waals surface area (Å²) in [5.74, 6) is 1.48. The smallest absolute Gasteiger partial charge is 0.202 e. The highest BCUT2D eigenvalue weighted by atomic mass is 32.2. The molecule has 0 radical (unpaired) electrons. The van der Waals surface area contributed by atoms with Gasteiger partial charge in [0.05, 0.1) is 19.1 Å². The van der Waals surface area contributed by atoms with E-state index in [1.807, 2.05) is 52.6 Å². The number of benzene rings is 1. The number of aryl methyl sites for hydroxylation is 1. The number of fused-ring (bicyclic) bond motifs is 1. The van der Waals surface area contributed by atoms with Crippen LogP contribution >= 0.6 is 11.8 Å². The van der Waals surface area contributed by atoms with Crippen molar-refractivity contribution in [3.63, 3.8) is 0 Å². The molecule has 0 aliphatic carbocycles. The van der Waals surface area contributed by atoms with Crippen LogP contribution in [0.2, 0.25) is 0 Å². The summed E-state index contributed by atoms with van der Waals surface area (Å²) in [5.41, 5.74) is 3.30. The van der Waals surface area contributed by atoms with Crippen molar-refractivity contribution in [1.82, 2.24) is 39.3 Å². The second-order valence-electron chi connectivity index (χ2n) is 6.38. The Balaban J connectivity index is 1.65. The summed E-state index contributed by atoms with van der Waals surface area (Å²) in [7, 11) is 3.54. The molecule has 0 amide bonds. The van der Waals surface area contributed by atoms with E-state index in [0.29, 0.717) is 16.0 Å². The van der Waals surface area contributed by atoms with Crippen LogP contribution in [0.1, 0.15) is 0 Å². The first kappa shape index (κ1) is 18.3. The van der Waals surface area contributed by atoms with E-state index in [1.165, 1.54) is 18.1 Å². The largest absolute Gasteiger partial charge is 0.497 e. The van der Waals surface area contributed by atoms with Crippen molar-refractivity contribution in [2.75, 3.05) is 7.11 Å². The Bertz CT molecular complexity index is 1310. The minimum absolute atomic E-state index is 0.664. The lowest BCUT2D eigenvalue weighted by Gasteiger charge is -2.11. The van der Waals surface area contributed by atoms with E-state index in [0.717, 1.165) is 28.2 Å². The molecule has 4 aromatic heterocycles. The van der Waals surface area contributed by atoms with Gasteiger partial charge in [-0.1, -0.05) is 0 Å². The molecule has 10 heteroatoms. The van der Waals surface area contributed by atoms with Gasteiger partial charge in [0.1, 0.15) is 22.6 Å². The van der Waals surface area contributed by atoms with Crippen molar-refractivity contribution in [3.8, 4) is 22.8 Å². The third-order valence-corrected chi connectivity index (χ3v) is 5.49. The number of imidazole rings is 1. The molecule has 5 rings (SSSR count). The quantitative estimate of drug-likeness (QED) is 0.403. The van der Waals surface area contributed by atoms with E-state index in [1.54, 1.807) is 25.8 Å². The van der Waals surface area contributed by atoms with Gasteiger partial charge < -0.3 is 9.30 Å². The number of ether oxygens (including phenoxy) is 1. The molecule has 0 fully saturated rings. The minimum atomic E-state index is 0.664. The predicted octanol–water partition coefficient (Wildman–Crippen LogP) is 3.17. The highest BCUT2D eigenvalue weighted by Gasteiger charge is 2.19. The number of nitrogens with zero attached hydrogens (tertiary/aromatic N) is 8. The summed E-state index contributed by atoms with van der Waals surface area (Å²) in [5, 5.41) is 10.3. The van der Waals surface area contributed by atoms with Crippen LogP contribution in [0.25, 0.3) is 28.2 Å². The lowest BCUT2D eigenvalue weighted by Crippen LogP contribution is -2.00. The van der Waals surface area contributed by atoms with Crippen molar-refractivity contribution in [2.24, 2.45) is 7.05 Å². The summed E-state index contributed by atoms with van der Waals surface area (Å²) in [6, 6.07) is 11.5. The fraction of sp³-hybridized carbons (Fsp3) is 0.100. The van der Waals surface area contributed by atoms with Crippen LogP contribution in [0.4, 0.5) is 0 Å². The molecule has 0 saturated heterocycles. The highest BCUT2D eigenvalue weighted by Crippen LogP contribution is 2.33. The summed E-state index contributed by atoms with van der Waals surface area (Å²) in [6.45, 7) is 0. The third-order valence-electron chi connectivity index (χ3n) is 4.55. The number of methoxy groups -OCH3 is 1. The molecular weight excluding hydrogens is 400 g/mol. The first-order chi connectivity index (χ1) is 14.7. The Hall–Kier alpha value is -3.79. The van der Waals surface area contributed by atoms with Gasteiger partial charge in [-0.25, -0.2) is 15.0 Å². The van der Waals surface area contributed by atoms with E-state index < -0.39 is 0 Å². The van der Waals surface area contributed by atoms with Crippen molar-refractivity contribution in [2.45, 2.75) is 10.2 Å². The molecule has 0 aliphatic heterocycles. The molecule has 0 atom stereocenters. The summed E-state index contributed by atoms with van der Waals surface area (Å²) in [6.07, 6.45) is 6.72. The maximum absolute atomic E-state index is 5.30. The average Bonchev–Trinajstić information content (AvgIpc) is 3.39. The average molecular weight is 416 g/mol. The van der Waals surface area contributed by atoms with Crippen LogP contribution in [0.5, 0.6) is 5.75 Å². The zero-order valence-electron chi connectivity index (χ0n) is 16.2. The van der Waals surface area contributed by atoms with Crippen molar-refractivity contribution < 1.29 is 4.74 Å². The zero-order valence-corrected chi connectivity index (χ0v) is 17.0. The Morgan fingerprint density at radius 1 is 0.933 bits per heavy atom. The minimum Gasteiger partial charge on any atom is -0.497 e. The second kappa shape index (κ2) is 7.56. The Morgan fingerprint density at radius 3 is 2.50 bits per heavy atom. The van der Waals surface area contributed by atoms with Gasteiger partial charge in [-0.15, -0.1) is 10.2 Å². The fourth-order valence-corrected chi connectivity index (χ4v) is 3.95. The Morgan fingerprint density at radius 2 is 1.73 bits per heavy atom. The van der Waals surface area contributed by atoms with Gasteiger partial charge in [0.2, 0.25) is 5.16 Å². The van der Waals surface area contributed by atoms with Gasteiger partial charge in [-0.3, -0.25) is 9.55 Å². The first-order valence-corrected chi connectivity index (χ1v) is 9.86. The maximum atomic E-state index is 5.30. The number of hydrogen-bond acceptors (Lipinski definition) is 8. The predicted molar refractivity (Wildman–Crippen MR) is 112 cm³/mol. The number of aromatic nitrogens is 8. The van der Waals surface area contributed by atoms with Gasteiger partial charge in [-0.2, -0.15) is 0 Å². The maximum Gasteiger partial charge on any atom is 0.202 e. The molecule has 0 saturated carbocycles. The molecule has 30 heavy (non-hydrogen) atoms. The van der Waals surface area contributed by atoms with E-state index >= 15 is 0 Å². The van der Waals surface area contributed by atoms with Gasteiger partial charge in [0.15, 0.2) is 11.5 Å². The Labute approximate surface area is 175 Å². The van der Waals surface area contributed by atoms with Gasteiger partial charge in [-0.05, 0) is 48.2 Å². The van der Waals surface area contributed by atoms with Crippen molar-refractivity contribution in [3.05, 3.63) is 61.4 Å². The zero-order chi connectivity index (χ0) is 20.5. The fourth-order valence-electron chi connectivity index (χ4n) is 3.07. The van der Waals surface area contributed by atoms with Crippen LogP contribution in [-0.4, -0.2) is 46.4 Å². The molecule has 1 aromatic carbocycles. The molecule has 0 aliphatic rings. The van der Waals surface area contributed by atoms with E-state index in [2.05, 4.69) is 30.1 Å². The van der Waals surface area contributed by atoms with E-state index in [9.17, 15) is 0 Å². The molecular formula is C20H16N8OS. The van der Waals surface area contributed by atoms with Crippen LogP contribution in [-0.2, 0) is 7.05 Å². The second-order valence-corrected chi connectivity index (χ2v) is 7.34. The van der Waals surface area contributed by atoms with Crippen molar-refractivity contribution >= 4 is 22.9 Å². The summed E-state index contributed by atoms with van der Waals surface area (Å²) < 4.78 is 9.14. The monoisotopic (exact) mass is 416 g/mol. The standard InChI is InChI=1S/C20H16N8OS/c1-27-12-24-16-18(27)22-11-23-19(16)30-20-26-25-17(13-7-9-21-10-8-13)28(20)14-3-5-15(29-2)6-4-14/h3-12H,1-2H3. The van der Waals surface area contributed by atoms with Crippen LogP contribution in [0.15, 0.2) is 71.6 Å². The van der Waals surface area contributed by atoms with Crippen LogP contribution < -0.4 is 4.74 Å². The van der Waals surface area contributed by atoms with Gasteiger partial charge in [0, 0.05) is 25.0 Å². The summed E-state index contributed by atoms with van der Waals surface area (Å²) in [4.78, 5) is 17.3. The molecule has 9 nitrogen and oxygen atoms in total. The van der Waals surface area contributed by atoms with Gasteiger partial charge in [0.25, 0.3) is 0 Å². The molecule has 0 unspecified atom stereocenters. The molecule has 0 N–H and O–H groups in total. The lowest BCUT2D eigenvalue weighted by molar-refractivity contribution is 0.414. The summed E-state index contributed by atoms with van der Waals surface area (Å²) >= 11 is 1.39. The normalized spacial score (nSPS) is 11.1. The van der Waals surface area contributed by atoms with E-state index in [4.69, 9.17) is 4.74 Å². The van der Waals surface area contributed by atoms with Crippen LogP contribution in [0.3, 0.4) is 0 Å². The number of hydrogen-bond donors (Lipinski definition) is 0. The van der Waals surface area contributed by atoms with Gasteiger partial charge >= 0.3 is 0 Å². The SMILES string of the molecule is COc1ccc(-n2c(Sc3ncnc4c3ncn4C)nnc2-c2ccncc2)cc1. The molecule has 4 heterocycles. The highest BCUT2D eigenvalue weighted by molar-refractivity contribution is 7.99. The van der Waals surface area contributed by atoms with E-state index in [-0.39, 0.29) is 0 Å². The molecule has 148 valence electrons. The number of rotatable bonds is 5. The van der Waals surface area contributed by atoms with Crippen LogP contribution in [0, 0.1) is 0 Å². The topological polar surface area (TPSA) is 96.4 Å². The Kier molecular flexibility index (Phi) is 4.60. The number of pyridine rings is 1. The molecule has 0 bridgehead atoms. The third kappa shape index (κ3) is 3.16.